The number of likely N-dealkylation sites (tertiary alicyclic amines) is 1. The lowest BCUT2D eigenvalue weighted by Crippen LogP contribution is -2.41. The van der Waals surface area contributed by atoms with Gasteiger partial charge < -0.3 is 9.32 Å². The fraction of sp³-hybridized carbons (Fsp3) is 0.452. The first-order valence-electron chi connectivity index (χ1n) is 13.6. The van der Waals surface area contributed by atoms with E-state index in [-0.39, 0.29) is 11.8 Å². The molecule has 190 valence electrons. The number of rotatable bonds is 5. The maximum atomic E-state index is 13.5. The van der Waals surface area contributed by atoms with E-state index in [2.05, 4.69) is 44.2 Å². The molecule has 2 amide bonds. The molecule has 0 bridgehead atoms. The van der Waals surface area contributed by atoms with Crippen LogP contribution in [0.4, 0.5) is 0 Å². The molecule has 37 heavy (non-hydrogen) atoms. The van der Waals surface area contributed by atoms with Crippen molar-refractivity contribution in [3.8, 4) is 11.1 Å². The van der Waals surface area contributed by atoms with Gasteiger partial charge in [-0.2, -0.15) is 0 Å². The van der Waals surface area contributed by atoms with Crippen LogP contribution < -0.4 is 0 Å². The van der Waals surface area contributed by atoms with Crippen LogP contribution in [0.3, 0.4) is 0 Å². The van der Waals surface area contributed by atoms with E-state index in [1.807, 2.05) is 22.8 Å². The van der Waals surface area contributed by atoms with E-state index in [4.69, 9.17) is 9.41 Å². The molecular weight excluding hydrogens is 462 g/mol. The third kappa shape index (κ3) is 3.72. The summed E-state index contributed by atoms with van der Waals surface area (Å²) >= 11 is 0. The lowest BCUT2D eigenvalue weighted by Gasteiger charge is -2.24. The summed E-state index contributed by atoms with van der Waals surface area (Å²) in [5.74, 6) is 2.79. The number of benzene rings is 2. The van der Waals surface area contributed by atoms with Gasteiger partial charge in [0, 0.05) is 36.5 Å². The smallest absolute Gasteiger partial charge is 0.256 e. The van der Waals surface area contributed by atoms with Gasteiger partial charge in [-0.05, 0) is 93.2 Å². The molecule has 0 radical (unpaired) electrons. The fourth-order valence-corrected chi connectivity index (χ4v) is 6.12. The fourth-order valence-electron chi connectivity index (χ4n) is 6.12. The minimum Gasteiger partial charge on any atom is -0.461 e. The summed E-state index contributed by atoms with van der Waals surface area (Å²) in [5.41, 5.74) is 6.00. The van der Waals surface area contributed by atoms with Gasteiger partial charge in [-0.1, -0.05) is 24.3 Å². The summed E-state index contributed by atoms with van der Waals surface area (Å²) in [6, 6.07) is 12.8. The molecule has 3 fully saturated rings. The van der Waals surface area contributed by atoms with Crippen LogP contribution in [-0.4, -0.2) is 52.6 Å². The lowest BCUT2D eigenvalue weighted by atomic mass is 9.97. The summed E-state index contributed by atoms with van der Waals surface area (Å²) in [6.07, 6.45) is 4.70. The number of hydrogen-bond acceptors (Lipinski definition) is 4. The molecule has 2 aliphatic heterocycles. The quantitative estimate of drug-likeness (QED) is 0.476. The molecule has 2 aliphatic carbocycles. The van der Waals surface area contributed by atoms with Crippen molar-refractivity contribution in [1.82, 2.24) is 9.80 Å². The molecule has 3 aromatic rings. The topological polar surface area (TPSA) is 66.1 Å². The van der Waals surface area contributed by atoms with Gasteiger partial charge >= 0.3 is 0 Å². The van der Waals surface area contributed by atoms with Crippen LogP contribution in [0, 0.1) is 32.6 Å². The minimum absolute atomic E-state index is 0.147. The second kappa shape index (κ2) is 8.04. The highest BCUT2D eigenvalue weighted by molar-refractivity contribution is 6.17. The molecule has 2 aromatic carbocycles. The number of hydrogen-bond donors (Lipinski definition) is 0. The molecule has 1 aromatic heterocycles. The van der Waals surface area contributed by atoms with Crippen LogP contribution >= 0.6 is 0 Å². The zero-order valence-corrected chi connectivity index (χ0v) is 21.8. The van der Waals surface area contributed by atoms with Gasteiger partial charge in [0.2, 0.25) is 5.91 Å². The summed E-state index contributed by atoms with van der Waals surface area (Å²) in [7, 11) is 0. The van der Waals surface area contributed by atoms with Crippen molar-refractivity contribution < 1.29 is 14.0 Å². The van der Waals surface area contributed by atoms with E-state index in [1.54, 1.807) is 0 Å². The molecule has 1 spiro atoms. The van der Waals surface area contributed by atoms with Gasteiger partial charge in [0.15, 0.2) is 0 Å². The van der Waals surface area contributed by atoms with E-state index in [9.17, 15) is 9.59 Å². The zero-order chi connectivity index (χ0) is 25.5. The number of nitrogens with zero attached hydrogens (tertiary/aromatic N) is 3. The average molecular weight is 496 g/mol. The van der Waals surface area contributed by atoms with Gasteiger partial charge in [-0.15, -0.1) is 0 Å². The van der Waals surface area contributed by atoms with Gasteiger partial charge in [-0.3, -0.25) is 19.5 Å². The van der Waals surface area contributed by atoms with Crippen LogP contribution in [-0.2, 0) is 9.59 Å². The first-order valence-corrected chi connectivity index (χ1v) is 13.6. The number of aliphatic imine (C=N–C) groups is 1. The molecule has 6 nitrogen and oxygen atoms in total. The zero-order valence-electron chi connectivity index (χ0n) is 21.8. The average Bonchev–Trinajstić information content (AvgIpc) is 3.80. The third-order valence-corrected chi connectivity index (χ3v) is 8.88. The second-order valence-corrected chi connectivity index (χ2v) is 11.6. The summed E-state index contributed by atoms with van der Waals surface area (Å²) in [6.45, 7) is 8.43. The number of amides is 2. The number of furan rings is 1. The summed E-state index contributed by atoms with van der Waals surface area (Å²) < 4.78 is 5.86. The molecule has 0 unspecified atom stereocenters. The highest BCUT2D eigenvalue weighted by Crippen LogP contribution is 2.46. The van der Waals surface area contributed by atoms with Crippen molar-refractivity contribution in [2.24, 2.45) is 16.8 Å². The molecular formula is C31H33N3O3. The predicted molar refractivity (Wildman–Crippen MR) is 143 cm³/mol. The van der Waals surface area contributed by atoms with E-state index in [0.717, 1.165) is 90.0 Å². The molecule has 1 saturated heterocycles. The molecule has 1 atom stereocenters. The van der Waals surface area contributed by atoms with Gasteiger partial charge in [0.05, 0.1) is 0 Å². The van der Waals surface area contributed by atoms with E-state index in [1.165, 1.54) is 5.56 Å². The van der Waals surface area contributed by atoms with Crippen LogP contribution in [0.25, 0.3) is 22.1 Å². The standard InChI is InChI=1S/C31H33N3O3/c1-18-14-23(24-7-9-27-26(15-24)19(2)20(3)37-27)6-8-25(18)28-32-31(11-12-31)30(36)34(28)17-21-10-13-33(16-21)29(35)22-4-5-22/h6-9,14-15,21-22H,4-5,10-13,16-17H2,1-3H3/t21-/m1/s1. The molecule has 3 heterocycles. The Hall–Kier alpha value is -3.41. The largest absolute Gasteiger partial charge is 0.461 e. The van der Waals surface area contributed by atoms with Crippen molar-refractivity contribution in [2.45, 2.75) is 58.4 Å². The first kappa shape index (κ1) is 22.8. The lowest BCUT2D eigenvalue weighted by molar-refractivity contribution is -0.131. The van der Waals surface area contributed by atoms with Crippen LogP contribution in [0.2, 0.25) is 0 Å². The number of aryl methyl sites for hydroxylation is 3. The van der Waals surface area contributed by atoms with E-state index < -0.39 is 5.54 Å². The normalized spacial score (nSPS) is 22.4. The van der Waals surface area contributed by atoms with Crippen molar-refractivity contribution in [2.75, 3.05) is 19.6 Å². The highest BCUT2D eigenvalue weighted by atomic mass is 16.3. The summed E-state index contributed by atoms with van der Waals surface area (Å²) in [4.78, 5) is 35.0. The van der Waals surface area contributed by atoms with Gasteiger partial charge in [-0.25, -0.2) is 0 Å². The Bertz CT molecular complexity index is 1490. The SMILES string of the molecule is Cc1cc(-c2ccc3oc(C)c(C)c3c2)ccc1C1=NC2(CC2)C(=O)N1C[C@@H]1CCN(C(=O)C2CC2)C1. The Balaban J connectivity index is 1.16. The van der Waals surface area contributed by atoms with Crippen LogP contribution in [0.1, 0.15) is 54.6 Å². The summed E-state index contributed by atoms with van der Waals surface area (Å²) in [5, 5.41) is 1.15. The number of fused-ring (bicyclic) bond motifs is 1. The molecule has 6 heteroatoms. The Morgan fingerprint density at radius 1 is 1.05 bits per heavy atom. The van der Waals surface area contributed by atoms with E-state index in [0.29, 0.717) is 18.4 Å². The maximum absolute atomic E-state index is 13.5. The van der Waals surface area contributed by atoms with Crippen LogP contribution in [0.5, 0.6) is 0 Å². The Kier molecular flexibility index (Phi) is 4.95. The van der Waals surface area contributed by atoms with Gasteiger partial charge in [0.1, 0.15) is 22.7 Å². The number of amidine groups is 1. The van der Waals surface area contributed by atoms with Crippen LogP contribution in [0.15, 0.2) is 45.8 Å². The third-order valence-electron chi connectivity index (χ3n) is 8.88. The Labute approximate surface area is 217 Å². The van der Waals surface area contributed by atoms with Crippen molar-refractivity contribution in [1.29, 1.82) is 0 Å². The molecule has 4 aliphatic rings. The Morgan fingerprint density at radius 2 is 1.81 bits per heavy atom. The van der Waals surface area contributed by atoms with Crippen molar-refractivity contribution in [3.05, 3.63) is 58.8 Å². The monoisotopic (exact) mass is 495 g/mol. The molecule has 0 N–H and O–H groups in total. The predicted octanol–water partition coefficient (Wildman–Crippen LogP) is 5.40. The second-order valence-electron chi connectivity index (χ2n) is 11.6. The number of carbonyl (C=O) groups is 2. The maximum Gasteiger partial charge on any atom is 0.256 e. The van der Waals surface area contributed by atoms with Crippen molar-refractivity contribution >= 4 is 28.6 Å². The molecule has 2 saturated carbocycles. The van der Waals surface area contributed by atoms with Gasteiger partial charge in [0.25, 0.3) is 5.91 Å². The molecule has 7 rings (SSSR count). The first-order chi connectivity index (χ1) is 17.8. The number of carbonyl (C=O) groups excluding carboxylic acids is 2. The van der Waals surface area contributed by atoms with E-state index >= 15 is 0 Å². The minimum atomic E-state index is -0.537. The van der Waals surface area contributed by atoms with Crippen molar-refractivity contribution in [3.63, 3.8) is 0 Å². The Morgan fingerprint density at radius 3 is 2.54 bits per heavy atom. The highest BCUT2D eigenvalue weighted by Gasteiger charge is 2.57.